The molecule has 28 heavy (non-hydrogen) atoms. The van der Waals surface area contributed by atoms with Gasteiger partial charge < -0.3 is 19.2 Å². The number of hydrogen-bond acceptors (Lipinski definition) is 6. The van der Waals surface area contributed by atoms with Crippen LogP contribution >= 0.6 is 0 Å². The summed E-state index contributed by atoms with van der Waals surface area (Å²) in [5, 5.41) is 10.9. The van der Waals surface area contributed by atoms with E-state index in [0.29, 0.717) is 36.2 Å². The number of carbonyl (C=O) groups excluding carboxylic acids is 1. The highest BCUT2D eigenvalue weighted by atomic mass is 16.5. The van der Waals surface area contributed by atoms with E-state index in [1.807, 2.05) is 49.4 Å². The number of para-hydroxylation sites is 1. The molecular weight excluding hydrogens is 358 g/mol. The zero-order valence-electron chi connectivity index (χ0n) is 16.2. The van der Waals surface area contributed by atoms with Crippen LogP contribution in [0.2, 0.25) is 0 Å². The van der Waals surface area contributed by atoms with Crippen LogP contribution < -0.4 is 14.8 Å². The maximum Gasteiger partial charge on any atom is 0.247 e. The van der Waals surface area contributed by atoms with Gasteiger partial charge in [-0.05, 0) is 25.1 Å². The van der Waals surface area contributed by atoms with Gasteiger partial charge in [0.15, 0.2) is 11.5 Å². The molecule has 1 amide bonds. The monoisotopic (exact) mass is 381 g/mol. The first kappa shape index (κ1) is 19.4. The van der Waals surface area contributed by atoms with Crippen LogP contribution in [0.1, 0.15) is 23.4 Å². The Morgan fingerprint density at radius 3 is 2.57 bits per heavy atom. The minimum atomic E-state index is -0.111. The summed E-state index contributed by atoms with van der Waals surface area (Å²) in [6.07, 6.45) is 0.627. The Morgan fingerprint density at radius 1 is 1.07 bits per heavy atom. The molecule has 7 heteroatoms. The first-order chi connectivity index (χ1) is 13.6. The zero-order valence-corrected chi connectivity index (χ0v) is 16.2. The van der Waals surface area contributed by atoms with E-state index < -0.39 is 0 Å². The van der Waals surface area contributed by atoms with Crippen LogP contribution in [0.5, 0.6) is 11.5 Å². The molecule has 3 aromatic rings. The van der Waals surface area contributed by atoms with Crippen molar-refractivity contribution in [3.63, 3.8) is 0 Å². The number of hydrogen-bond donors (Lipinski definition) is 1. The Bertz CT molecular complexity index is 935. The molecule has 1 aromatic heterocycles. The van der Waals surface area contributed by atoms with E-state index in [9.17, 15) is 4.79 Å². The predicted octanol–water partition coefficient (Wildman–Crippen LogP) is 3.31. The van der Waals surface area contributed by atoms with Gasteiger partial charge >= 0.3 is 0 Å². The van der Waals surface area contributed by atoms with Gasteiger partial charge in [-0.1, -0.05) is 29.8 Å². The van der Waals surface area contributed by atoms with E-state index >= 15 is 0 Å². The van der Waals surface area contributed by atoms with Gasteiger partial charge in [0.05, 0.1) is 14.2 Å². The second-order valence-corrected chi connectivity index (χ2v) is 6.30. The van der Waals surface area contributed by atoms with Crippen molar-refractivity contribution >= 4 is 5.91 Å². The van der Waals surface area contributed by atoms with Crippen molar-refractivity contribution in [3.05, 3.63) is 59.5 Å². The van der Waals surface area contributed by atoms with Crippen LogP contribution in [0.25, 0.3) is 11.5 Å². The topological polar surface area (TPSA) is 86.5 Å². The lowest BCUT2D eigenvalue weighted by Gasteiger charge is -2.13. The minimum Gasteiger partial charge on any atom is -0.493 e. The summed E-state index contributed by atoms with van der Waals surface area (Å²) < 4.78 is 16.3. The number of ether oxygens (including phenoxy) is 2. The lowest BCUT2D eigenvalue weighted by atomic mass is 10.1. The summed E-state index contributed by atoms with van der Waals surface area (Å²) in [4.78, 5) is 12.2. The molecule has 2 aromatic carbocycles. The lowest BCUT2D eigenvalue weighted by Crippen LogP contribution is -2.23. The third kappa shape index (κ3) is 4.68. The van der Waals surface area contributed by atoms with E-state index in [1.165, 1.54) is 0 Å². The number of amides is 1. The smallest absolute Gasteiger partial charge is 0.247 e. The van der Waals surface area contributed by atoms with Crippen molar-refractivity contribution in [2.45, 2.75) is 26.3 Å². The summed E-state index contributed by atoms with van der Waals surface area (Å²) in [7, 11) is 3.15. The summed E-state index contributed by atoms with van der Waals surface area (Å²) in [6, 6.07) is 13.4. The fraction of sp³-hybridized carbons (Fsp3) is 0.286. The average Bonchev–Trinajstić information content (AvgIpc) is 3.19. The summed E-state index contributed by atoms with van der Waals surface area (Å²) >= 11 is 0. The van der Waals surface area contributed by atoms with Crippen molar-refractivity contribution in [1.29, 1.82) is 0 Å². The Labute approximate surface area is 163 Å². The normalized spacial score (nSPS) is 10.5. The van der Waals surface area contributed by atoms with E-state index in [-0.39, 0.29) is 12.3 Å². The van der Waals surface area contributed by atoms with Gasteiger partial charge in [0.2, 0.25) is 17.7 Å². The second kappa shape index (κ2) is 9.03. The molecule has 7 nitrogen and oxygen atoms in total. The largest absolute Gasteiger partial charge is 0.493 e. The highest BCUT2D eigenvalue weighted by molar-refractivity contribution is 5.76. The number of rotatable bonds is 8. The van der Waals surface area contributed by atoms with Crippen LogP contribution in [0.3, 0.4) is 0 Å². The minimum absolute atomic E-state index is 0.111. The molecule has 3 rings (SSSR count). The molecule has 146 valence electrons. The molecule has 0 spiro atoms. The predicted molar refractivity (Wildman–Crippen MR) is 104 cm³/mol. The molecule has 1 N–H and O–H groups in total. The summed E-state index contributed by atoms with van der Waals surface area (Å²) in [5.41, 5.74) is 2.86. The van der Waals surface area contributed by atoms with Gasteiger partial charge in [-0.3, -0.25) is 4.79 Å². The van der Waals surface area contributed by atoms with Crippen LogP contribution in [0.4, 0.5) is 0 Å². The molecule has 0 radical (unpaired) electrons. The van der Waals surface area contributed by atoms with Crippen LogP contribution in [0.15, 0.2) is 46.9 Å². The molecule has 0 unspecified atom stereocenters. The third-order valence-electron chi connectivity index (χ3n) is 4.29. The Hall–Kier alpha value is -3.35. The second-order valence-electron chi connectivity index (χ2n) is 6.30. The van der Waals surface area contributed by atoms with Crippen LogP contribution in [0, 0.1) is 6.92 Å². The number of nitrogens with one attached hydrogen (secondary N) is 1. The van der Waals surface area contributed by atoms with Gasteiger partial charge in [0.25, 0.3) is 0 Å². The molecule has 0 aliphatic heterocycles. The first-order valence-electron chi connectivity index (χ1n) is 8.96. The molecule has 0 fully saturated rings. The Morgan fingerprint density at radius 2 is 1.86 bits per heavy atom. The highest BCUT2D eigenvalue weighted by Crippen LogP contribution is 2.30. The number of aromatic nitrogens is 2. The van der Waals surface area contributed by atoms with Gasteiger partial charge in [0.1, 0.15) is 0 Å². The fourth-order valence-corrected chi connectivity index (χ4v) is 2.76. The quantitative estimate of drug-likeness (QED) is 0.644. The standard InChI is InChI=1S/C21H23N3O4/c1-14-7-9-15(10-8-14)21-24-23-19(28-21)12-11-18(25)22-13-16-5-4-6-17(26-2)20(16)27-3/h4-10H,11-13H2,1-3H3,(H,22,25). The Kier molecular flexibility index (Phi) is 6.26. The average molecular weight is 381 g/mol. The van der Waals surface area contributed by atoms with Crippen molar-refractivity contribution in [2.24, 2.45) is 0 Å². The van der Waals surface area contributed by atoms with Crippen LogP contribution in [-0.2, 0) is 17.8 Å². The summed E-state index contributed by atoms with van der Waals surface area (Å²) in [5.74, 6) is 2.02. The molecule has 0 atom stereocenters. The van der Waals surface area contributed by atoms with Crippen molar-refractivity contribution in [2.75, 3.05) is 14.2 Å². The highest BCUT2D eigenvalue weighted by Gasteiger charge is 2.13. The molecule has 0 aliphatic carbocycles. The number of benzene rings is 2. The molecule has 0 saturated carbocycles. The van der Waals surface area contributed by atoms with Gasteiger partial charge in [-0.25, -0.2) is 0 Å². The molecule has 0 aliphatic rings. The first-order valence-corrected chi connectivity index (χ1v) is 8.96. The van der Waals surface area contributed by atoms with Crippen LogP contribution in [-0.4, -0.2) is 30.3 Å². The number of methoxy groups -OCH3 is 2. The maximum atomic E-state index is 12.2. The van der Waals surface area contributed by atoms with E-state index in [4.69, 9.17) is 13.9 Å². The molecule has 1 heterocycles. The maximum absolute atomic E-state index is 12.2. The number of nitrogens with zero attached hydrogens (tertiary/aromatic N) is 2. The molecular formula is C21H23N3O4. The van der Waals surface area contributed by atoms with Gasteiger partial charge in [0, 0.05) is 30.5 Å². The van der Waals surface area contributed by atoms with E-state index in [0.717, 1.165) is 16.7 Å². The molecule has 0 saturated heterocycles. The fourth-order valence-electron chi connectivity index (χ4n) is 2.76. The number of carbonyl (C=O) groups is 1. The Balaban J connectivity index is 1.53. The van der Waals surface area contributed by atoms with E-state index in [2.05, 4.69) is 15.5 Å². The van der Waals surface area contributed by atoms with Crippen molar-refractivity contribution < 1.29 is 18.7 Å². The van der Waals surface area contributed by atoms with Gasteiger partial charge in [-0.15, -0.1) is 10.2 Å². The third-order valence-corrected chi connectivity index (χ3v) is 4.29. The SMILES string of the molecule is COc1cccc(CNC(=O)CCc2nnc(-c3ccc(C)cc3)o2)c1OC. The summed E-state index contributed by atoms with van der Waals surface area (Å²) in [6.45, 7) is 2.36. The zero-order chi connectivity index (χ0) is 19.9. The van der Waals surface area contributed by atoms with Crippen molar-refractivity contribution in [1.82, 2.24) is 15.5 Å². The lowest BCUT2D eigenvalue weighted by molar-refractivity contribution is -0.121. The van der Waals surface area contributed by atoms with E-state index in [1.54, 1.807) is 14.2 Å². The van der Waals surface area contributed by atoms with Gasteiger partial charge in [-0.2, -0.15) is 0 Å². The van der Waals surface area contributed by atoms with Crippen molar-refractivity contribution in [3.8, 4) is 23.0 Å². The number of aryl methyl sites for hydroxylation is 2. The molecule has 0 bridgehead atoms.